The van der Waals surface area contributed by atoms with Crippen LogP contribution in [0.3, 0.4) is 0 Å². The Kier molecular flexibility index (Phi) is 5.83. The highest BCUT2D eigenvalue weighted by Gasteiger charge is 2.70. The number of aliphatic hydroxyl groups is 1. The summed E-state index contributed by atoms with van der Waals surface area (Å²) in [6.07, 6.45) is 2.14. The molecule has 0 aromatic heterocycles. The van der Waals surface area contributed by atoms with Crippen molar-refractivity contribution in [3.05, 3.63) is 11.1 Å². The third-order valence-corrected chi connectivity index (χ3v) is 10.9. The first-order valence-corrected chi connectivity index (χ1v) is 12.8. The Morgan fingerprint density at radius 3 is 2.35 bits per heavy atom. The maximum absolute atomic E-state index is 14.0. The quantitative estimate of drug-likeness (QED) is 0.615. The summed E-state index contributed by atoms with van der Waals surface area (Å²) in [5.74, 6) is -0.311. The highest BCUT2D eigenvalue weighted by atomic mass is 16.5. The molecule has 188 valence electrons. The average molecular weight is 473 g/mol. The van der Waals surface area contributed by atoms with Crippen LogP contribution in [-0.2, 0) is 23.9 Å². The normalized spacial score (nSPS) is 42.1. The fourth-order valence-corrected chi connectivity index (χ4v) is 8.56. The van der Waals surface area contributed by atoms with Gasteiger partial charge >= 0.3 is 5.97 Å². The molecule has 4 aliphatic carbocycles. The van der Waals surface area contributed by atoms with Crippen LogP contribution in [0.5, 0.6) is 0 Å². The fourth-order valence-electron chi connectivity index (χ4n) is 8.56. The summed E-state index contributed by atoms with van der Waals surface area (Å²) in [5, 5.41) is 11.5. The lowest BCUT2D eigenvalue weighted by molar-refractivity contribution is -0.147. The monoisotopic (exact) mass is 472 g/mol. The number of carbonyl (C=O) groups is 4. The summed E-state index contributed by atoms with van der Waals surface area (Å²) >= 11 is 0. The third kappa shape index (κ3) is 3.09. The molecular formula is C28H40O6. The molecule has 1 N–H and O–H groups in total. The molecular weight excluding hydrogens is 432 g/mol. The first-order valence-electron chi connectivity index (χ1n) is 12.8. The summed E-state index contributed by atoms with van der Waals surface area (Å²) in [7, 11) is 1.38. The van der Waals surface area contributed by atoms with Gasteiger partial charge in [-0.05, 0) is 42.4 Å². The lowest BCUT2D eigenvalue weighted by Crippen LogP contribution is -2.59. The molecule has 6 heteroatoms. The van der Waals surface area contributed by atoms with Crippen LogP contribution in [0.4, 0.5) is 0 Å². The number of aliphatic hydroxyl groups excluding tert-OH is 1. The van der Waals surface area contributed by atoms with Gasteiger partial charge in [-0.2, -0.15) is 0 Å². The molecule has 0 spiro atoms. The second kappa shape index (κ2) is 7.84. The van der Waals surface area contributed by atoms with Gasteiger partial charge in [-0.1, -0.05) is 41.5 Å². The standard InChI is InChI=1S/C28H40O6/c1-15(8-9-22(33)34-7)16-12-21(32)28(6)24-17(29)13-19-25(2,3)20(31)10-11-26(19,4)23(24)18(30)14-27(16,28)5/h15-16,19,21,32H,8-14H2,1-7H3/t15-,16-,19-,21+,26+,27-,28+/m1/s1. The predicted octanol–water partition coefficient (Wildman–Crippen LogP) is 4.22. The zero-order valence-electron chi connectivity index (χ0n) is 21.7. The van der Waals surface area contributed by atoms with Crippen LogP contribution < -0.4 is 0 Å². The number of ketones is 3. The summed E-state index contributed by atoms with van der Waals surface area (Å²) in [4.78, 5) is 52.3. The van der Waals surface area contributed by atoms with E-state index in [0.717, 1.165) is 0 Å². The molecule has 0 unspecified atom stereocenters. The maximum Gasteiger partial charge on any atom is 0.305 e. The number of hydrogen-bond acceptors (Lipinski definition) is 6. The maximum atomic E-state index is 14.0. The second-order valence-corrected chi connectivity index (χ2v) is 12.7. The van der Waals surface area contributed by atoms with Crippen LogP contribution in [0.2, 0.25) is 0 Å². The number of methoxy groups -OCH3 is 1. The van der Waals surface area contributed by atoms with Crippen molar-refractivity contribution in [1.82, 2.24) is 0 Å². The van der Waals surface area contributed by atoms with Crippen molar-refractivity contribution < 1.29 is 29.0 Å². The number of hydrogen-bond donors (Lipinski definition) is 1. The molecule has 0 aromatic carbocycles. The van der Waals surface area contributed by atoms with Crippen molar-refractivity contribution in [2.75, 3.05) is 7.11 Å². The Hall–Kier alpha value is -1.82. The number of Topliss-reactive ketones (excluding diaryl/α,β-unsaturated/α-hetero) is 3. The molecule has 0 aliphatic heterocycles. The molecule has 0 bridgehead atoms. The van der Waals surface area contributed by atoms with E-state index >= 15 is 0 Å². The molecule has 2 fully saturated rings. The Morgan fingerprint density at radius 2 is 1.74 bits per heavy atom. The van der Waals surface area contributed by atoms with Crippen LogP contribution >= 0.6 is 0 Å². The van der Waals surface area contributed by atoms with Crippen LogP contribution in [0.25, 0.3) is 0 Å². The van der Waals surface area contributed by atoms with Gasteiger partial charge in [0.25, 0.3) is 0 Å². The molecule has 2 saturated carbocycles. The molecule has 0 heterocycles. The van der Waals surface area contributed by atoms with E-state index in [2.05, 4.69) is 20.8 Å². The van der Waals surface area contributed by atoms with Crippen LogP contribution in [0.1, 0.15) is 86.5 Å². The van der Waals surface area contributed by atoms with E-state index in [-0.39, 0.29) is 53.9 Å². The smallest absolute Gasteiger partial charge is 0.305 e. The molecule has 7 atom stereocenters. The van der Waals surface area contributed by atoms with Crippen LogP contribution in [-0.4, -0.2) is 41.6 Å². The van der Waals surface area contributed by atoms with Gasteiger partial charge in [0.15, 0.2) is 11.6 Å². The lowest BCUT2D eigenvalue weighted by atomic mass is 9.42. The van der Waals surface area contributed by atoms with E-state index in [4.69, 9.17) is 4.74 Å². The number of carbonyl (C=O) groups excluding carboxylic acids is 4. The largest absolute Gasteiger partial charge is 0.469 e. The van der Waals surface area contributed by atoms with E-state index in [1.165, 1.54) is 7.11 Å². The van der Waals surface area contributed by atoms with Crippen molar-refractivity contribution in [2.24, 2.45) is 39.4 Å². The van der Waals surface area contributed by atoms with Gasteiger partial charge in [-0.25, -0.2) is 0 Å². The summed E-state index contributed by atoms with van der Waals surface area (Å²) < 4.78 is 4.81. The highest BCUT2D eigenvalue weighted by molar-refractivity contribution is 6.12. The topological polar surface area (TPSA) is 97.7 Å². The SMILES string of the molecule is COC(=O)CC[C@@H](C)[C@H]1C[C@H](O)[C@@]2(C)C3=C(C(=O)C[C@]12C)[C@@]1(C)CCC(=O)C(C)(C)[C@H]1CC3=O. The summed E-state index contributed by atoms with van der Waals surface area (Å²) in [6, 6.07) is 0. The van der Waals surface area contributed by atoms with E-state index in [9.17, 15) is 24.3 Å². The zero-order valence-corrected chi connectivity index (χ0v) is 21.7. The van der Waals surface area contributed by atoms with Gasteiger partial charge < -0.3 is 9.84 Å². The molecule has 4 aliphatic rings. The number of allylic oxidation sites excluding steroid dienone is 1. The number of fused-ring (bicyclic) bond motifs is 4. The first kappa shape index (κ1) is 25.3. The predicted molar refractivity (Wildman–Crippen MR) is 127 cm³/mol. The Balaban J connectivity index is 1.82. The number of esters is 1. The minimum Gasteiger partial charge on any atom is -0.469 e. The molecule has 0 radical (unpaired) electrons. The van der Waals surface area contributed by atoms with Gasteiger partial charge in [-0.15, -0.1) is 0 Å². The van der Waals surface area contributed by atoms with Gasteiger partial charge in [0.2, 0.25) is 0 Å². The third-order valence-electron chi connectivity index (χ3n) is 10.9. The number of rotatable bonds is 4. The summed E-state index contributed by atoms with van der Waals surface area (Å²) in [5.41, 5.74) is -1.51. The molecule has 34 heavy (non-hydrogen) atoms. The molecule has 4 rings (SSSR count). The van der Waals surface area contributed by atoms with E-state index in [1.807, 2.05) is 20.8 Å². The number of ether oxygens (including phenoxy) is 1. The molecule has 0 amide bonds. The lowest BCUT2D eigenvalue weighted by Gasteiger charge is -2.59. The van der Waals surface area contributed by atoms with Crippen molar-refractivity contribution in [1.29, 1.82) is 0 Å². The highest BCUT2D eigenvalue weighted by Crippen LogP contribution is 2.70. The van der Waals surface area contributed by atoms with Crippen LogP contribution in [0.15, 0.2) is 11.1 Å². The molecule has 6 nitrogen and oxygen atoms in total. The minimum atomic E-state index is -0.836. The van der Waals surface area contributed by atoms with E-state index < -0.39 is 27.8 Å². The molecule has 0 aromatic rings. The zero-order chi connectivity index (χ0) is 25.4. The van der Waals surface area contributed by atoms with E-state index in [1.54, 1.807) is 0 Å². The van der Waals surface area contributed by atoms with Crippen molar-refractivity contribution in [3.63, 3.8) is 0 Å². The van der Waals surface area contributed by atoms with Gasteiger partial charge in [-0.3, -0.25) is 19.2 Å². The van der Waals surface area contributed by atoms with Crippen LogP contribution in [0, 0.1) is 39.4 Å². The van der Waals surface area contributed by atoms with Crippen molar-refractivity contribution >= 4 is 23.3 Å². The second-order valence-electron chi connectivity index (χ2n) is 12.7. The van der Waals surface area contributed by atoms with Gasteiger partial charge in [0.1, 0.15) is 5.78 Å². The van der Waals surface area contributed by atoms with E-state index in [0.29, 0.717) is 43.3 Å². The van der Waals surface area contributed by atoms with Gasteiger partial charge in [0, 0.05) is 53.1 Å². The Morgan fingerprint density at radius 1 is 1.09 bits per heavy atom. The Labute approximate surface area is 202 Å². The summed E-state index contributed by atoms with van der Waals surface area (Å²) in [6.45, 7) is 12.0. The molecule has 0 saturated heterocycles. The first-order chi connectivity index (χ1) is 15.7. The van der Waals surface area contributed by atoms with Crippen molar-refractivity contribution in [2.45, 2.75) is 92.6 Å². The van der Waals surface area contributed by atoms with Crippen molar-refractivity contribution in [3.8, 4) is 0 Å². The van der Waals surface area contributed by atoms with Gasteiger partial charge in [0.05, 0.1) is 13.2 Å². The Bertz CT molecular complexity index is 991. The minimum absolute atomic E-state index is 0.0000538. The fraction of sp³-hybridized carbons (Fsp3) is 0.786. The average Bonchev–Trinajstić information content (AvgIpc) is 2.97.